The zero-order valence-corrected chi connectivity index (χ0v) is 11.8. The van der Waals surface area contributed by atoms with E-state index >= 15 is 0 Å². The maximum absolute atomic E-state index is 12.2. The fourth-order valence-corrected chi connectivity index (χ4v) is 2.81. The van der Waals surface area contributed by atoms with E-state index in [-0.39, 0.29) is 5.30 Å². The Kier molecular flexibility index (Phi) is 3.75. The molecule has 0 spiro atoms. The van der Waals surface area contributed by atoms with Crippen molar-refractivity contribution in [2.75, 3.05) is 14.2 Å². The van der Waals surface area contributed by atoms with Crippen molar-refractivity contribution in [1.29, 1.82) is 0 Å². The highest BCUT2D eigenvalue weighted by Gasteiger charge is 2.30. The van der Waals surface area contributed by atoms with Gasteiger partial charge in [0.05, 0.1) is 5.69 Å². The number of hydrogen-bond donors (Lipinski definition) is 1. The van der Waals surface area contributed by atoms with Gasteiger partial charge in [0.25, 0.3) is 5.56 Å². The van der Waals surface area contributed by atoms with Gasteiger partial charge in [-0.05, 0) is 19.1 Å². The number of aryl methyl sites for hydroxylation is 1. The normalized spacial score (nSPS) is 11.7. The molecular weight excluding hydrogens is 267 g/mol. The van der Waals surface area contributed by atoms with Gasteiger partial charge in [-0.1, -0.05) is 17.7 Å². The van der Waals surface area contributed by atoms with Crippen LogP contribution < -0.4 is 10.9 Å². The maximum atomic E-state index is 12.2. The summed E-state index contributed by atoms with van der Waals surface area (Å²) in [6.45, 7) is 1.96. The molecule has 0 atom stereocenters. The minimum atomic E-state index is -3.54. The highest BCUT2D eigenvalue weighted by molar-refractivity contribution is 7.62. The number of benzene rings is 1. The van der Waals surface area contributed by atoms with Gasteiger partial charge in [-0.3, -0.25) is 14.5 Å². The lowest BCUT2D eigenvalue weighted by atomic mass is 10.2. The number of H-pyrrole nitrogens is 1. The zero-order chi connectivity index (χ0) is 14.0. The number of aromatic nitrogens is 2. The maximum Gasteiger partial charge on any atom is 0.368 e. The number of aromatic amines is 1. The monoisotopic (exact) mass is 282 g/mol. The van der Waals surface area contributed by atoms with E-state index < -0.39 is 13.2 Å². The van der Waals surface area contributed by atoms with Gasteiger partial charge >= 0.3 is 7.60 Å². The molecule has 0 unspecified atom stereocenters. The second-order valence-corrected chi connectivity index (χ2v) is 6.20. The first-order valence-electron chi connectivity index (χ1n) is 5.61. The smallest absolute Gasteiger partial charge is 0.308 e. The molecule has 0 aliphatic rings. The molecule has 0 amide bonds. The molecule has 1 N–H and O–H groups in total. The molecule has 102 valence electrons. The largest absolute Gasteiger partial charge is 0.368 e. The molecule has 2 aromatic rings. The van der Waals surface area contributed by atoms with Crippen molar-refractivity contribution < 1.29 is 13.6 Å². The van der Waals surface area contributed by atoms with E-state index in [4.69, 9.17) is 9.05 Å². The quantitative estimate of drug-likeness (QED) is 0.864. The summed E-state index contributed by atoms with van der Waals surface area (Å²) in [7, 11) is -1.06. The van der Waals surface area contributed by atoms with E-state index in [9.17, 15) is 9.36 Å². The molecule has 1 heterocycles. The van der Waals surface area contributed by atoms with E-state index in [0.717, 1.165) is 5.56 Å². The van der Waals surface area contributed by atoms with E-state index in [0.29, 0.717) is 5.69 Å². The summed E-state index contributed by atoms with van der Waals surface area (Å²) in [5.74, 6) is 0. The van der Waals surface area contributed by atoms with Crippen LogP contribution in [0, 0.1) is 6.92 Å². The molecule has 0 aliphatic heterocycles. The lowest BCUT2D eigenvalue weighted by Gasteiger charge is -2.09. The fourth-order valence-electron chi connectivity index (χ4n) is 1.71. The molecule has 0 bridgehead atoms. The van der Waals surface area contributed by atoms with Crippen LogP contribution in [0.3, 0.4) is 0 Å². The fraction of sp³-hybridized carbons (Fsp3) is 0.250. The predicted octanol–water partition coefficient (Wildman–Crippen LogP) is 1.59. The Hall–Kier alpha value is -1.62. The highest BCUT2D eigenvalue weighted by atomic mass is 31.2. The average molecular weight is 282 g/mol. The number of nitrogens with one attached hydrogen (secondary N) is 1. The van der Waals surface area contributed by atoms with Gasteiger partial charge in [0.15, 0.2) is 0 Å². The van der Waals surface area contributed by atoms with E-state index in [2.05, 4.69) is 5.10 Å². The Labute approximate surface area is 110 Å². The second kappa shape index (κ2) is 5.17. The van der Waals surface area contributed by atoms with Crippen molar-refractivity contribution in [1.82, 2.24) is 9.78 Å². The minimum absolute atomic E-state index is 0.0157. The average Bonchev–Trinajstić information content (AvgIpc) is 2.81. The van der Waals surface area contributed by atoms with Crippen LogP contribution in [0.2, 0.25) is 0 Å². The van der Waals surface area contributed by atoms with Crippen LogP contribution in [0.5, 0.6) is 0 Å². The van der Waals surface area contributed by atoms with Crippen LogP contribution in [0.15, 0.2) is 35.3 Å². The molecule has 0 aliphatic carbocycles. The van der Waals surface area contributed by atoms with Gasteiger partial charge < -0.3 is 9.05 Å². The van der Waals surface area contributed by atoms with Crippen LogP contribution in [0.4, 0.5) is 0 Å². The first-order chi connectivity index (χ1) is 9.01. The summed E-state index contributed by atoms with van der Waals surface area (Å²) >= 11 is 0. The molecule has 0 saturated heterocycles. The highest BCUT2D eigenvalue weighted by Crippen LogP contribution is 2.43. The van der Waals surface area contributed by atoms with Gasteiger partial charge in [-0.15, -0.1) is 0 Å². The number of nitrogens with zero attached hydrogens (tertiary/aromatic N) is 1. The van der Waals surface area contributed by atoms with Crippen LogP contribution in [0.25, 0.3) is 5.69 Å². The predicted molar refractivity (Wildman–Crippen MR) is 72.4 cm³/mol. The molecule has 6 nitrogen and oxygen atoms in total. The van der Waals surface area contributed by atoms with Gasteiger partial charge in [0.2, 0.25) is 0 Å². The molecule has 2 rings (SSSR count). The van der Waals surface area contributed by atoms with Crippen molar-refractivity contribution in [3.05, 3.63) is 46.4 Å². The van der Waals surface area contributed by atoms with Crippen LogP contribution >= 0.6 is 7.60 Å². The molecule has 7 heteroatoms. The van der Waals surface area contributed by atoms with Crippen LogP contribution in [-0.2, 0) is 13.6 Å². The van der Waals surface area contributed by atoms with Crippen LogP contribution in [0.1, 0.15) is 5.56 Å². The van der Waals surface area contributed by atoms with Gasteiger partial charge in [0.1, 0.15) is 5.30 Å². The van der Waals surface area contributed by atoms with Gasteiger partial charge in [0, 0.05) is 20.4 Å². The summed E-state index contributed by atoms with van der Waals surface area (Å²) in [5.41, 5.74) is 1.29. The molecule has 1 aromatic carbocycles. The molecule has 0 radical (unpaired) electrons. The summed E-state index contributed by atoms with van der Waals surface area (Å²) in [6.07, 6.45) is 1.34. The third-order valence-electron chi connectivity index (χ3n) is 2.82. The Morgan fingerprint density at radius 2 is 1.74 bits per heavy atom. The van der Waals surface area contributed by atoms with Crippen molar-refractivity contribution in [3.63, 3.8) is 0 Å². The molecule has 0 saturated carbocycles. The summed E-state index contributed by atoms with van der Waals surface area (Å²) < 4.78 is 23.1. The van der Waals surface area contributed by atoms with Gasteiger partial charge in [-0.2, -0.15) is 0 Å². The minimum Gasteiger partial charge on any atom is -0.308 e. The number of hydrogen-bond acceptors (Lipinski definition) is 4. The lowest BCUT2D eigenvalue weighted by molar-refractivity contribution is 0.287. The summed E-state index contributed by atoms with van der Waals surface area (Å²) in [6, 6.07) is 7.35. The van der Waals surface area contributed by atoms with E-state index in [1.807, 2.05) is 19.1 Å². The standard InChI is InChI=1S/C12H15N2O4P/c1-9-4-6-10(7-5-9)14-12(15)11(8-13-14)19(16,17-2)18-3/h4-8,13H,1-3H3. The summed E-state index contributed by atoms with van der Waals surface area (Å²) in [4.78, 5) is 12.2. The zero-order valence-electron chi connectivity index (χ0n) is 10.9. The van der Waals surface area contributed by atoms with Crippen LogP contribution in [-0.4, -0.2) is 24.0 Å². The molecule has 0 fully saturated rings. The third kappa shape index (κ3) is 2.42. The Morgan fingerprint density at radius 1 is 1.16 bits per heavy atom. The van der Waals surface area contributed by atoms with Crippen molar-refractivity contribution >= 4 is 12.9 Å². The first kappa shape index (κ1) is 13.8. The molecule has 1 aromatic heterocycles. The SMILES string of the molecule is COP(=O)(OC)c1c[nH]n(-c2ccc(C)cc2)c1=O. The van der Waals surface area contributed by atoms with Crippen molar-refractivity contribution in [2.24, 2.45) is 0 Å². The van der Waals surface area contributed by atoms with E-state index in [1.54, 1.807) is 12.1 Å². The van der Waals surface area contributed by atoms with Gasteiger partial charge in [-0.25, -0.2) is 4.68 Å². The van der Waals surface area contributed by atoms with Crippen molar-refractivity contribution in [3.8, 4) is 5.69 Å². The molecule has 19 heavy (non-hydrogen) atoms. The first-order valence-corrected chi connectivity index (χ1v) is 7.15. The lowest BCUT2D eigenvalue weighted by Crippen LogP contribution is -2.28. The Morgan fingerprint density at radius 3 is 2.26 bits per heavy atom. The Bertz CT molecular complexity index is 664. The molecular formula is C12H15N2O4P. The number of rotatable bonds is 4. The summed E-state index contributed by atoms with van der Waals surface area (Å²) in [5, 5.41) is 2.74. The second-order valence-electron chi connectivity index (χ2n) is 4.00. The third-order valence-corrected chi connectivity index (χ3v) is 4.69. The van der Waals surface area contributed by atoms with Crippen molar-refractivity contribution in [2.45, 2.75) is 6.92 Å². The topological polar surface area (TPSA) is 73.3 Å². The van der Waals surface area contributed by atoms with E-state index in [1.165, 1.54) is 25.1 Å². The Balaban J connectivity index is 2.53.